The molecule has 1 aromatic heterocycles. The van der Waals surface area contributed by atoms with Crippen LogP contribution in [0.4, 0.5) is 0 Å². The van der Waals surface area contributed by atoms with Gasteiger partial charge in [-0.05, 0) is 13.8 Å². The van der Waals surface area contributed by atoms with Crippen LogP contribution < -0.4 is 5.32 Å². The zero-order valence-corrected chi connectivity index (χ0v) is 14.8. The number of morpholine rings is 1. The number of hydrogen-bond donors (Lipinski definition) is 1. The second-order valence-corrected chi connectivity index (χ2v) is 6.00. The van der Waals surface area contributed by atoms with E-state index in [2.05, 4.69) is 10.4 Å². The van der Waals surface area contributed by atoms with Crippen LogP contribution in [0, 0.1) is 6.92 Å². The number of hydrogen-bond acceptors (Lipinski definition) is 5. The van der Waals surface area contributed by atoms with Gasteiger partial charge in [-0.15, -0.1) is 0 Å². The van der Waals surface area contributed by atoms with Gasteiger partial charge in [0.1, 0.15) is 5.60 Å². The fourth-order valence-electron chi connectivity index (χ4n) is 3.05. The molecule has 2 rings (SSSR count). The molecule has 0 aromatic carbocycles. The number of carbonyl (C=O) groups is 2. The lowest BCUT2D eigenvalue weighted by molar-refractivity contribution is -0.150. The van der Waals surface area contributed by atoms with Crippen LogP contribution in [0.1, 0.15) is 29.4 Å². The highest BCUT2D eigenvalue weighted by atomic mass is 16.5. The second-order valence-electron chi connectivity index (χ2n) is 6.00. The van der Waals surface area contributed by atoms with Crippen LogP contribution in [0.2, 0.25) is 0 Å². The second kappa shape index (κ2) is 7.76. The van der Waals surface area contributed by atoms with E-state index in [0.717, 1.165) is 5.69 Å². The highest BCUT2D eigenvalue weighted by Crippen LogP contribution is 2.24. The molecule has 0 unspecified atom stereocenters. The van der Waals surface area contributed by atoms with E-state index < -0.39 is 5.60 Å². The van der Waals surface area contributed by atoms with Crippen molar-refractivity contribution in [3.05, 3.63) is 17.5 Å². The van der Waals surface area contributed by atoms with Crippen molar-refractivity contribution in [2.24, 2.45) is 0 Å². The van der Waals surface area contributed by atoms with Crippen LogP contribution in [-0.4, -0.2) is 72.6 Å². The molecule has 1 fully saturated rings. The van der Waals surface area contributed by atoms with Gasteiger partial charge in [0.15, 0.2) is 0 Å². The standard InChI is InChI=1S/C16H26N4O4/c1-5-20-12(2)13(9-18-20)15(22)19-6-7-24-16(10-19,11-23-4)8-14(21)17-3/h9H,5-8,10-11H2,1-4H3,(H,17,21)/t16-/m1/s1. The average Bonchev–Trinajstić information content (AvgIpc) is 2.95. The van der Waals surface area contributed by atoms with Crippen molar-refractivity contribution in [1.29, 1.82) is 0 Å². The number of nitrogens with one attached hydrogen (secondary N) is 1. The predicted molar refractivity (Wildman–Crippen MR) is 87.8 cm³/mol. The van der Waals surface area contributed by atoms with Gasteiger partial charge in [-0.25, -0.2) is 0 Å². The van der Waals surface area contributed by atoms with Crippen molar-refractivity contribution < 1.29 is 19.1 Å². The number of nitrogens with zero attached hydrogens (tertiary/aromatic N) is 3. The van der Waals surface area contributed by atoms with E-state index in [1.165, 1.54) is 0 Å². The molecule has 134 valence electrons. The predicted octanol–water partition coefficient (Wildman–Crippen LogP) is 0.205. The third-order valence-electron chi connectivity index (χ3n) is 4.34. The Morgan fingerprint density at radius 2 is 2.25 bits per heavy atom. The van der Waals surface area contributed by atoms with Gasteiger partial charge in [-0.3, -0.25) is 14.3 Å². The lowest BCUT2D eigenvalue weighted by Crippen LogP contribution is -2.57. The molecule has 0 radical (unpaired) electrons. The zero-order chi connectivity index (χ0) is 17.7. The Hall–Kier alpha value is -1.93. The van der Waals surface area contributed by atoms with E-state index in [1.54, 1.807) is 29.9 Å². The topological polar surface area (TPSA) is 85.7 Å². The van der Waals surface area contributed by atoms with Crippen LogP contribution in [0.15, 0.2) is 6.20 Å². The first-order valence-corrected chi connectivity index (χ1v) is 8.11. The summed E-state index contributed by atoms with van der Waals surface area (Å²) in [6.45, 7) is 5.99. The molecule has 1 aliphatic rings. The lowest BCUT2D eigenvalue weighted by atomic mass is 9.97. The zero-order valence-electron chi connectivity index (χ0n) is 14.8. The Morgan fingerprint density at radius 3 is 2.83 bits per heavy atom. The summed E-state index contributed by atoms with van der Waals surface area (Å²) in [6.07, 6.45) is 1.75. The Morgan fingerprint density at radius 1 is 1.50 bits per heavy atom. The summed E-state index contributed by atoms with van der Waals surface area (Å²) < 4.78 is 12.9. The summed E-state index contributed by atoms with van der Waals surface area (Å²) in [5.41, 5.74) is 0.611. The van der Waals surface area contributed by atoms with Gasteiger partial charge >= 0.3 is 0 Å². The maximum Gasteiger partial charge on any atom is 0.257 e. The number of aromatic nitrogens is 2. The van der Waals surface area contributed by atoms with Gasteiger partial charge < -0.3 is 19.7 Å². The Labute approximate surface area is 142 Å². The van der Waals surface area contributed by atoms with Crippen molar-refractivity contribution in [2.45, 2.75) is 32.4 Å². The summed E-state index contributed by atoms with van der Waals surface area (Å²) in [7, 11) is 3.14. The maximum absolute atomic E-state index is 12.9. The van der Waals surface area contributed by atoms with Gasteiger partial charge in [0, 0.05) is 32.9 Å². The molecule has 1 N–H and O–H groups in total. The Kier molecular flexibility index (Phi) is 5.95. The first-order chi connectivity index (χ1) is 11.5. The van der Waals surface area contributed by atoms with Gasteiger partial charge in [0.2, 0.25) is 5.91 Å². The first-order valence-electron chi connectivity index (χ1n) is 8.11. The van der Waals surface area contributed by atoms with Gasteiger partial charge in [0.05, 0.1) is 37.9 Å². The Bertz CT molecular complexity index is 597. The van der Waals surface area contributed by atoms with E-state index in [4.69, 9.17) is 9.47 Å². The van der Waals surface area contributed by atoms with Gasteiger partial charge in [0.25, 0.3) is 5.91 Å². The van der Waals surface area contributed by atoms with Crippen molar-refractivity contribution in [3.63, 3.8) is 0 Å². The number of ether oxygens (including phenoxy) is 2. The lowest BCUT2D eigenvalue weighted by Gasteiger charge is -2.42. The van der Waals surface area contributed by atoms with E-state index >= 15 is 0 Å². The molecule has 24 heavy (non-hydrogen) atoms. The normalized spacial score (nSPS) is 20.9. The van der Waals surface area contributed by atoms with Crippen LogP contribution in [0.5, 0.6) is 0 Å². The third-order valence-corrected chi connectivity index (χ3v) is 4.34. The molecule has 2 amide bonds. The minimum Gasteiger partial charge on any atom is -0.382 e. The molecular weight excluding hydrogens is 312 g/mol. The van der Waals surface area contributed by atoms with Gasteiger partial charge in [-0.1, -0.05) is 0 Å². The van der Waals surface area contributed by atoms with Crippen LogP contribution in [0.25, 0.3) is 0 Å². The Balaban J connectivity index is 2.19. The molecule has 0 saturated carbocycles. The average molecular weight is 338 g/mol. The minimum atomic E-state index is -0.822. The van der Waals surface area contributed by atoms with E-state index in [1.807, 2.05) is 13.8 Å². The molecule has 1 aromatic rings. The highest BCUT2D eigenvalue weighted by Gasteiger charge is 2.41. The monoisotopic (exact) mass is 338 g/mol. The van der Waals surface area contributed by atoms with Crippen LogP contribution in [0.3, 0.4) is 0 Å². The molecule has 8 heteroatoms. The summed E-state index contributed by atoms with van der Waals surface area (Å²) >= 11 is 0. The molecule has 0 spiro atoms. The number of aryl methyl sites for hydroxylation is 1. The molecule has 0 bridgehead atoms. The van der Waals surface area contributed by atoms with E-state index in [0.29, 0.717) is 31.8 Å². The molecule has 2 heterocycles. The number of methoxy groups -OCH3 is 1. The smallest absolute Gasteiger partial charge is 0.257 e. The van der Waals surface area contributed by atoms with Crippen molar-refractivity contribution in [2.75, 3.05) is 40.5 Å². The fourth-order valence-corrected chi connectivity index (χ4v) is 3.05. The summed E-state index contributed by atoms with van der Waals surface area (Å²) in [4.78, 5) is 26.4. The molecule has 1 atom stereocenters. The van der Waals surface area contributed by atoms with Crippen LogP contribution in [-0.2, 0) is 20.8 Å². The van der Waals surface area contributed by atoms with Crippen molar-refractivity contribution >= 4 is 11.8 Å². The molecule has 0 aliphatic carbocycles. The van der Waals surface area contributed by atoms with Crippen molar-refractivity contribution in [3.8, 4) is 0 Å². The van der Waals surface area contributed by atoms with Crippen LogP contribution >= 0.6 is 0 Å². The largest absolute Gasteiger partial charge is 0.382 e. The quantitative estimate of drug-likeness (QED) is 0.801. The summed E-state index contributed by atoms with van der Waals surface area (Å²) in [5.74, 6) is -0.232. The number of rotatable bonds is 6. The molecular formula is C16H26N4O4. The minimum absolute atomic E-state index is 0.0899. The maximum atomic E-state index is 12.9. The molecule has 1 aliphatic heterocycles. The summed E-state index contributed by atoms with van der Waals surface area (Å²) in [6, 6.07) is 0. The van der Waals surface area contributed by atoms with E-state index in [9.17, 15) is 9.59 Å². The fraction of sp³-hybridized carbons (Fsp3) is 0.688. The highest BCUT2D eigenvalue weighted by molar-refractivity contribution is 5.95. The summed E-state index contributed by atoms with van der Waals surface area (Å²) in [5, 5.41) is 6.83. The third kappa shape index (κ3) is 3.76. The molecule has 8 nitrogen and oxygen atoms in total. The first kappa shape index (κ1) is 18.4. The molecule has 1 saturated heterocycles. The van der Waals surface area contributed by atoms with Crippen molar-refractivity contribution in [1.82, 2.24) is 20.0 Å². The van der Waals surface area contributed by atoms with E-state index in [-0.39, 0.29) is 24.8 Å². The number of amides is 2. The number of carbonyl (C=O) groups excluding carboxylic acids is 2. The SMILES string of the molecule is CCn1ncc(C(=O)N2CCO[C@](COC)(CC(=O)NC)C2)c1C. The van der Waals surface area contributed by atoms with Gasteiger partial charge in [-0.2, -0.15) is 5.10 Å².